The van der Waals surface area contributed by atoms with Crippen molar-refractivity contribution in [2.75, 3.05) is 18.9 Å². The van der Waals surface area contributed by atoms with Crippen molar-refractivity contribution in [2.45, 2.75) is 33.1 Å². The highest BCUT2D eigenvalue weighted by Crippen LogP contribution is 2.33. The first-order valence-corrected chi connectivity index (χ1v) is 5.89. The molecule has 1 aromatic rings. The zero-order valence-corrected chi connectivity index (χ0v) is 11.3. The fourth-order valence-corrected chi connectivity index (χ4v) is 1.48. The van der Waals surface area contributed by atoms with Crippen molar-refractivity contribution in [3.05, 3.63) is 18.0 Å². The highest BCUT2D eigenvalue weighted by Gasteiger charge is 2.23. The lowest BCUT2D eigenvalue weighted by molar-refractivity contribution is -0.145. The molecule has 0 amide bonds. The van der Waals surface area contributed by atoms with Gasteiger partial charge < -0.3 is 15.2 Å². The van der Waals surface area contributed by atoms with Crippen LogP contribution in [-0.4, -0.2) is 24.2 Å². The molecule has 5 heteroatoms. The van der Waals surface area contributed by atoms with Crippen LogP contribution >= 0.6 is 0 Å². The summed E-state index contributed by atoms with van der Waals surface area (Å²) in [6, 6.07) is 1.65. The summed E-state index contributed by atoms with van der Waals surface area (Å²) in [6.45, 7) is 7.94. The lowest BCUT2D eigenvalue weighted by Gasteiger charge is -2.22. The molecule has 2 N–H and O–H groups in total. The van der Waals surface area contributed by atoms with Crippen LogP contribution in [0.2, 0.25) is 0 Å². The van der Waals surface area contributed by atoms with Gasteiger partial charge in [-0.2, -0.15) is 0 Å². The Balaban J connectivity index is 2.90. The normalized spacial score (nSPS) is 11.1. The summed E-state index contributed by atoms with van der Waals surface area (Å²) in [6.07, 6.45) is 1.63. The van der Waals surface area contributed by atoms with E-state index in [4.69, 9.17) is 15.2 Å². The fourth-order valence-electron chi connectivity index (χ4n) is 1.48. The molecule has 0 aliphatic carbocycles. The molecule has 0 aliphatic heterocycles. The third-order valence-corrected chi connectivity index (χ3v) is 2.29. The quantitative estimate of drug-likeness (QED) is 0.828. The lowest BCUT2D eigenvalue weighted by atomic mass is 9.90. The van der Waals surface area contributed by atoms with Crippen LogP contribution in [0.25, 0.3) is 0 Å². The summed E-state index contributed by atoms with van der Waals surface area (Å²) in [5.74, 6) is 0.0404. The van der Waals surface area contributed by atoms with Gasteiger partial charge in [0.1, 0.15) is 0 Å². The van der Waals surface area contributed by atoms with Gasteiger partial charge in [-0.25, -0.2) is 4.79 Å². The van der Waals surface area contributed by atoms with E-state index in [1.807, 2.05) is 20.8 Å². The molecule has 5 nitrogen and oxygen atoms in total. The lowest BCUT2D eigenvalue weighted by Crippen LogP contribution is -2.20. The fraction of sp³-hybridized carbons (Fsp3) is 0.538. The average Bonchev–Trinajstić information content (AvgIpc) is 2.26. The summed E-state index contributed by atoms with van der Waals surface area (Å²) < 4.78 is 10.3. The molecule has 0 radical (unpaired) electrons. The number of anilines is 1. The molecule has 0 fully saturated rings. The van der Waals surface area contributed by atoms with Gasteiger partial charge >= 0.3 is 5.97 Å². The minimum Gasteiger partial charge on any atom is -0.478 e. The second kappa shape index (κ2) is 5.71. The van der Waals surface area contributed by atoms with Crippen molar-refractivity contribution in [3.63, 3.8) is 0 Å². The number of pyridine rings is 1. The molecule has 0 saturated heterocycles. The van der Waals surface area contributed by atoms with Crippen LogP contribution in [0.5, 0.6) is 5.75 Å². The van der Waals surface area contributed by atoms with Crippen LogP contribution in [-0.2, 0) is 14.9 Å². The minimum absolute atomic E-state index is 0.160. The van der Waals surface area contributed by atoms with Crippen LogP contribution in [0.1, 0.15) is 33.4 Å². The first kappa shape index (κ1) is 14.3. The van der Waals surface area contributed by atoms with Crippen LogP contribution < -0.4 is 10.5 Å². The Labute approximate surface area is 107 Å². The summed E-state index contributed by atoms with van der Waals surface area (Å²) in [4.78, 5) is 15.6. The molecule has 0 spiro atoms. The maximum absolute atomic E-state index is 11.3. The van der Waals surface area contributed by atoms with Crippen LogP contribution in [0, 0.1) is 0 Å². The van der Waals surface area contributed by atoms with Crippen LogP contribution in [0.15, 0.2) is 12.3 Å². The van der Waals surface area contributed by atoms with E-state index in [9.17, 15) is 4.79 Å². The van der Waals surface area contributed by atoms with Gasteiger partial charge in [0, 0.05) is 11.6 Å². The number of nitrogens with two attached hydrogens (primary N) is 1. The Hall–Kier alpha value is -1.78. The van der Waals surface area contributed by atoms with Gasteiger partial charge in [0.05, 0.1) is 18.0 Å². The van der Waals surface area contributed by atoms with Crippen molar-refractivity contribution in [1.82, 2.24) is 4.98 Å². The highest BCUT2D eigenvalue weighted by atomic mass is 16.6. The third kappa shape index (κ3) is 3.61. The second-order valence-corrected chi connectivity index (χ2v) is 4.92. The Morgan fingerprint density at radius 3 is 2.67 bits per heavy atom. The number of carbonyl (C=O) groups is 1. The number of aromatic nitrogens is 1. The molecule has 100 valence electrons. The molecule has 0 bridgehead atoms. The molecule has 1 rings (SSSR count). The van der Waals surface area contributed by atoms with Crippen molar-refractivity contribution in [3.8, 4) is 5.75 Å². The van der Waals surface area contributed by atoms with E-state index < -0.39 is 5.97 Å². The number of rotatable bonds is 4. The van der Waals surface area contributed by atoms with Gasteiger partial charge in [-0.15, -0.1) is 0 Å². The van der Waals surface area contributed by atoms with E-state index in [2.05, 4.69) is 4.98 Å². The molecule has 1 aromatic heterocycles. The predicted molar refractivity (Wildman–Crippen MR) is 69.5 cm³/mol. The molecule has 1 heterocycles. The van der Waals surface area contributed by atoms with Gasteiger partial charge in [0.25, 0.3) is 0 Å². The molecular weight excluding hydrogens is 232 g/mol. The van der Waals surface area contributed by atoms with Gasteiger partial charge in [0.2, 0.25) is 0 Å². The Kier molecular flexibility index (Phi) is 4.53. The number of carbonyl (C=O) groups excluding carboxylic acids is 1. The molecule has 0 aliphatic rings. The molecule has 0 saturated carbocycles. The van der Waals surface area contributed by atoms with Gasteiger partial charge in [0.15, 0.2) is 12.4 Å². The zero-order valence-electron chi connectivity index (χ0n) is 11.3. The van der Waals surface area contributed by atoms with Crippen molar-refractivity contribution >= 4 is 11.7 Å². The van der Waals surface area contributed by atoms with Crippen molar-refractivity contribution < 1.29 is 14.3 Å². The summed E-state index contributed by atoms with van der Waals surface area (Å²) in [5, 5.41) is 0. The number of nitrogens with zero attached hydrogens (tertiary/aromatic N) is 1. The highest BCUT2D eigenvalue weighted by molar-refractivity contribution is 5.71. The second-order valence-electron chi connectivity index (χ2n) is 4.92. The molecule has 18 heavy (non-hydrogen) atoms. The Bertz CT molecular complexity index is 425. The molecule has 0 atom stereocenters. The topological polar surface area (TPSA) is 74.4 Å². The van der Waals surface area contributed by atoms with Gasteiger partial charge in [-0.1, -0.05) is 20.8 Å². The van der Waals surface area contributed by atoms with Crippen molar-refractivity contribution in [1.29, 1.82) is 0 Å². The number of esters is 1. The van der Waals surface area contributed by atoms with E-state index in [1.54, 1.807) is 19.2 Å². The minimum atomic E-state index is -0.416. The maximum Gasteiger partial charge on any atom is 0.344 e. The number of nitrogen functional groups attached to an aromatic ring is 1. The first-order valence-electron chi connectivity index (χ1n) is 5.89. The summed E-state index contributed by atoms with van der Waals surface area (Å²) >= 11 is 0. The Morgan fingerprint density at radius 1 is 1.44 bits per heavy atom. The summed E-state index contributed by atoms with van der Waals surface area (Å²) in [5.41, 5.74) is 6.85. The zero-order chi connectivity index (χ0) is 13.8. The molecular formula is C13H20N2O3. The summed E-state index contributed by atoms with van der Waals surface area (Å²) in [7, 11) is 0. The molecule has 0 aromatic carbocycles. The van der Waals surface area contributed by atoms with Gasteiger partial charge in [-0.3, -0.25) is 4.98 Å². The predicted octanol–water partition coefficient (Wildman–Crippen LogP) is 1.90. The van der Waals surface area contributed by atoms with E-state index in [0.717, 1.165) is 5.69 Å². The first-order chi connectivity index (χ1) is 8.36. The number of hydrogen-bond donors (Lipinski definition) is 1. The van der Waals surface area contributed by atoms with E-state index in [0.29, 0.717) is 18.0 Å². The van der Waals surface area contributed by atoms with Gasteiger partial charge in [-0.05, 0) is 13.0 Å². The maximum atomic E-state index is 11.3. The Morgan fingerprint density at radius 2 is 2.11 bits per heavy atom. The van der Waals surface area contributed by atoms with E-state index in [1.165, 1.54) is 0 Å². The van der Waals surface area contributed by atoms with E-state index in [-0.39, 0.29) is 12.0 Å². The smallest absolute Gasteiger partial charge is 0.344 e. The average molecular weight is 252 g/mol. The third-order valence-electron chi connectivity index (χ3n) is 2.29. The number of hydrogen-bond acceptors (Lipinski definition) is 5. The van der Waals surface area contributed by atoms with E-state index >= 15 is 0 Å². The molecule has 0 unspecified atom stereocenters. The standard InChI is InChI=1S/C13H20N2O3/c1-5-17-10(16)8-18-11-9(14)6-7-15-12(11)13(2,3)4/h6-7H,5,8H2,1-4H3,(H2,14,15). The largest absolute Gasteiger partial charge is 0.478 e. The van der Waals surface area contributed by atoms with Crippen molar-refractivity contribution in [2.24, 2.45) is 0 Å². The number of ether oxygens (including phenoxy) is 2. The van der Waals surface area contributed by atoms with Crippen LogP contribution in [0.3, 0.4) is 0 Å². The SMILES string of the molecule is CCOC(=O)COc1c(N)ccnc1C(C)(C)C. The monoisotopic (exact) mass is 252 g/mol. The van der Waals surface area contributed by atoms with Crippen LogP contribution in [0.4, 0.5) is 5.69 Å².